The third kappa shape index (κ3) is 3.25. The fraction of sp³-hybridized carbons (Fsp3) is 0.133. The third-order valence-corrected chi connectivity index (χ3v) is 3.42. The van der Waals surface area contributed by atoms with Gasteiger partial charge in [0.05, 0.1) is 22.0 Å². The van der Waals surface area contributed by atoms with E-state index in [-0.39, 0.29) is 17.1 Å². The van der Waals surface area contributed by atoms with Crippen molar-refractivity contribution in [1.29, 1.82) is 0 Å². The van der Waals surface area contributed by atoms with Crippen LogP contribution in [0.25, 0.3) is 0 Å². The fourth-order valence-electron chi connectivity index (χ4n) is 2.05. The average Bonchev–Trinajstić information content (AvgIpc) is 2.43. The lowest BCUT2D eigenvalue weighted by atomic mass is 10.1. The predicted molar refractivity (Wildman–Crippen MR) is 81.3 cm³/mol. The van der Waals surface area contributed by atoms with Gasteiger partial charge in [0.1, 0.15) is 5.82 Å². The molecule has 0 heterocycles. The molecule has 110 valence electrons. The molecule has 2 aromatic carbocycles. The largest absolute Gasteiger partial charge is 0.478 e. The van der Waals surface area contributed by atoms with Gasteiger partial charge < -0.3 is 15.7 Å². The second kappa shape index (κ2) is 6.01. The first-order valence-corrected chi connectivity index (χ1v) is 6.54. The van der Waals surface area contributed by atoms with Gasteiger partial charge >= 0.3 is 5.97 Å². The Morgan fingerprint density at radius 3 is 2.71 bits per heavy atom. The SMILES string of the molecule is CN(Cc1cccc(Cl)c1F)c1ccc(C(=O)O)cc1N. The van der Waals surface area contributed by atoms with Crippen LogP contribution in [0.4, 0.5) is 15.8 Å². The lowest BCUT2D eigenvalue weighted by Crippen LogP contribution is -2.19. The van der Waals surface area contributed by atoms with Crippen LogP contribution >= 0.6 is 11.6 Å². The minimum absolute atomic E-state index is 0.0649. The highest BCUT2D eigenvalue weighted by Gasteiger charge is 2.13. The van der Waals surface area contributed by atoms with Crippen LogP contribution in [0.15, 0.2) is 36.4 Å². The summed E-state index contributed by atoms with van der Waals surface area (Å²) in [6.07, 6.45) is 0. The molecular formula is C15H14ClFN2O2. The van der Waals surface area contributed by atoms with Crippen LogP contribution in [-0.2, 0) is 6.54 Å². The number of hydrogen-bond acceptors (Lipinski definition) is 3. The van der Waals surface area contributed by atoms with Crippen molar-refractivity contribution in [3.63, 3.8) is 0 Å². The summed E-state index contributed by atoms with van der Waals surface area (Å²) in [5.41, 5.74) is 7.35. The molecule has 0 spiro atoms. The molecule has 0 saturated heterocycles. The van der Waals surface area contributed by atoms with Crippen molar-refractivity contribution < 1.29 is 14.3 Å². The molecule has 2 rings (SSSR count). The number of carboxylic acid groups (broad SMARTS) is 1. The zero-order valence-electron chi connectivity index (χ0n) is 11.3. The molecule has 2 aromatic rings. The van der Waals surface area contributed by atoms with E-state index in [1.165, 1.54) is 18.2 Å². The van der Waals surface area contributed by atoms with Gasteiger partial charge in [-0.15, -0.1) is 0 Å². The molecule has 0 aromatic heterocycles. The summed E-state index contributed by atoms with van der Waals surface area (Å²) in [7, 11) is 1.74. The van der Waals surface area contributed by atoms with Crippen molar-refractivity contribution in [3.05, 3.63) is 58.4 Å². The molecule has 0 atom stereocenters. The van der Waals surface area contributed by atoms with Crippen molar-refractivity contribution in [3.8, 4) is 0 Å². The van der Waals surface area contributed by atoms with Gasteiger partial charge in [-0.2, -0.15) is 0 Å². The highest BCUT2D eigenvalue weighted by Crippen LogP contribution is 2.26. The summed E-state index contributed by atoms with van der Waals surface area (Å²) < 4.78 is 13.9. The highest BCUT2D eigenvalue weighted by molar-refractivity contribution is 6.30. The molecule has 0 aliphatic heterocycles. The van der Waals surface area contributed by atoms with E-state index in [4.69, 9.17) is 22.4 Å². The van der Waals surface area contributed by atoms with Crippen LogP contribution in [0.2, 0.25) is 5.02 Å². The van der Waals surface area contributed by atoms with E-state index in [0.29, 0.717) is 16.9 Å². The van der Waals surface area contributed by atoms with E-state index in [1.54, 1.807) is 30.1 Å². The molecule has 4 nitrogen and oxygen atoms in total. The van der Waals surface area contributed by atoms with Gasteiger partial charge in [0.15, 0.2) is 0 Å². The number of rotatable bonds is 4. The highest BCUT2D eigenvalue weighted by atomic mass is 35.5. The first-order chi connectivity index (χ1) is 9.90. The van der Waals surface area contributed by atoms with Crippen molar-refractivity contribution in [2.75, 3.05) is 17.7 Å². The van der Waals surface area contributed by atoms with Gasteiger partial charge in [0, 0.05) is 19.2 Å². The van der Waals surface area contributed by atoms with E-state index < -0.39 is 11.8 Å². The molecule has 21 heavy (non-hydrogen) atoms. The molecular weight excluding hydrogens is 295 g/mol. The van der Waals surface area contributed by atoms with Gasteiger partial charge in [0.2, 0.25) is 0 Å². The number of carbonyl (C=O) groups is 1. The zero-order valence-corrected chi connectivity index (χ0v) is 12.1. The number of nitrogens with two attached hydrogens (primary N) is 1. The number of aromatic carboxylic acids is 1. The average molecular weight is 309 g/mol. The Kier molecular flexibility index (Phi) is 4.33. The first kappa shape index (κ1) is 15.1. The topological polar surface area (TPSA) is 66.6 Å². The quantitative estimate of drug-likeness (QED) is 0.850. The standard InChI is InChI=1S/C15H14ClFN2O2/c1-19(8-10-3-2-4-11(16)14(10)17)13-6-5-9(15(20)21)7-12(13)18/h2-7H,8,18H2,1H3,(H,20,21). The monoisotopic (exact) mass is 308 g/mol. The summed E-state index contributed by atoms with van der Waals surface area (Å²) in [6.45, 7) is 0.267. The number of carboxylic acids is 1. The Morgan fingerprint density at radius 1 is 1.38 bits per heavy atom. The Morgan fingerprint density at radius 2 is 2.10 bits per heavy atom. The molecule has 0 aliphatic rings. The molecule has 0 aliphatic carbocycles. The minimum atomic E-state index is -1.04. The number of nitrogen functional groups attached to an aromatic ring is 1. The van der Waals surface area contributed by atoms with Gasteiger partial charge in [-0.1, -0.05) is 23.7 Å². The minimum Gasteiger partial charge on any atom is -0.478 e. The molecule has 0 radical (unpaired) electrons. The maximum Gasteiger partial charge on any atom is 0.335 e. The number of anilines is 2. The first-order valence-electron chi connectivity index (χ1n) is 6.17. The van der Waals surface area contributed by atoms with Crippen LogP contribution in [-0.4, -0.2) is 18.1 Å². The Hall–Kier alpha value is -2.27. The summed E-state index contributed by atoms with van der Waals surface area (Å²) in [5, 5.41) is 8.97. The summed E-state index contributed by atoms with van der Waals surface area (Å²) in [6, 6.07) is 9.23. The summed E-state index contributed by atoms with van der Waals surface area (Å²) in [5.74, 6) is -1.51. The number of hydrogen-bond donors (Lipinski definition) is 2. The van der Waals surface area contributed by atoms with Gasteiger partial charge in [0.25, 0.3) is 0 Å². The number of halogens is 2. The second-order valence-electron chi connectivity index (χ2n) is 4.65. The maximum absolute atomic E-state index is 13.9. The second-order valence-corrected chi connectivity index (χ2v) is 5.05. The molecule has 3 N–H and O–H groups in total. The lowest BCUT2D eigenvalue weighted by molar-refractivity contribution is 0.0697. The van der Waals surface area contributed by atoms with Gasteiger partial charge in [-0.25, -0.2) is 9.18 Å². The van der Waals surface area contributed by atoms with E-state index in [9.17, 15) is 9.18 Å². The smallest absolute Gasteiger partial charge is 0.335 e. The molecule has 0 bridgehead atoms. The summed E-state index contributed by atoms with van der Waals surface area (Å²) >= 11 is 5.75. The fourth-order valence-corrected chi connectivity index (χ4v) is 2.24. The maximum atomic E-state index is 13.9. The predicted octanol–water partition coefficient (Wildman–Crippen LogP) is 3.40. The normalized spacial score (nSPS) is 10.4. The van der Waals surface area contributed by atoms with Crippen LogP contribution < -0.4 is 10.6 Å². The number of nitrogens with zero attached hydrogens (tertiary/aromatic N) is 1. The van der Waals surface area contributed by atoms with E-state index >= 15 is 0 Å². The van der Waals surface area contributed by atoms with Crippen LogP contribution in [0.1, 0.15) is 15.9 Å². The van der Waals surface area contributed by atoms with E-state index in [2.05, 4.69) is 0 Å². The van der Waals surface area contributed by atoms with Gasteiger partial charge in [-0.3, -0.25) is 0 Å². The lowest BCUT2D eigenvalue weighted by Gasteiger charge is -2.22. The molecule has 6 heteroatoms. The molecule has 0 fully saturated rings. The van der Waals surface area contributed by atoms with Crippen LogP contribution in [0, 0.1) is 5.82 Å². The zero-order chi connectivity index (χ0) is 15.6. The molecule has 0 unspecified atom stereocenters. The van der Waals surface area contributed by atoms with Gasteiger partial charge in [-0.05, 0) is 24.3 Å². The molecule has 0 saturated carbocycles. The Balaban J connectivity index is 2.26. The van der Waals surface area contributed by atoms with Crippen LogP contribution in [0.5, 0.6) is 0 Å². The Labute approximate surface area is 126 Å². The number of benzene rings is 2. The van der Waals surface area contributed by atoms with E-state index in [1.807, 2.05) is 0 Å². The van der Waals surface area contributed by atoms with Crippen molar-refractivity contribution >= 4 is 28.9 Å². The van der Waals surface area contributed by atoms with Crippen molar-refractivity contribution in [2.45, 2.75) is 6.54 Å². The summed E-state index contributed by atoms with van der Waals surface area (Å²) in [4.78, 5) is 12.6. The van der Waals surface area contributed by atoms with E-state index in [0.717, 1.165) is 0 Å². The Bertz CT molecular complexity index is 691. The van der Waals surface area contributed by atoms with Crippen molar-refractivity contribution in [2.24, 2.45) is 0 Å². The van der Waals surface area contributed by atoms with Crippen LogP contribution in [0.3, 0.4) is 0 Å². The van der Waals surface area contributed by atoms with Crippen molar-refractivity contribution in [1.82, 2.24) is 0 Å². The third-order valence-electron chi connectivity index (χ3n) is 3.12. The molecule has 0 amide bonds.